The van der Waals surface area contributed by atoms with Crippen LogP contribution in [0.5, 0.6) is 0 Å². The van der Waals surface area contributed by atoms with Crippen LogP contribution in [0.3, 0.4) is 0 Å². The fraction of sp³-hybridized carbons (Fsp3) is 0.222. The van der Waals surface area contributed by atoms with Gasteiger partial charge in [0.2, 0.25) is 0 Å². The van der Waals surface area contributed by atoms with Crippen LogP contribution in [0, 0.1) is 0 Å². The van der Waals surface area contributed by atoms with Crippen molar-refractivity contribution in [2.75, 3.05) is 23.7 Å². The Morgan fingerprint density at radius 2 is 1.48 bits per heavy atom. The standard InChI is InChI=1S/C18H19N3O2/c22-17(21-11-4-5-12-21)14-7-6-10-16(13-14)20-18(23)19-15-8-2-1-3-9-15/h1-3,6-10,13H,4-5,11-12H2,(H2,19,20,23). The smallest absolute Gasteiger partial charge is 0.323 e. The molecule has 1 saturated heterocycles. The van der Waals surface area contributed by atoms with Crippen LogP contribution in [0.25, 0.3) is 0 Å². The first kappa shape index (κ1) is 15.1. The van der Waals surface area contributed by atoms with Crippen LogP contribution in [0.15, 0.2) is 54.6 Å². The Bertz CT molecular complexity index is 694. The van der Waals surface area contributed by atoms with Crippen molar-refractivity contribution in [1.29, 1.82) is 0 Å². The van der Waals surface area contributed by atoms with Gasteiger partial charge in [-0.2, -0.15) is 0 Å². The second kappa shape index (κ2) is 6.96. The quantitative estimate of drug-likeness (QED) is 0.910. The van der Waals surface area contributed by atoms with Gasteiger partial charge in [-0.3, -0.25) is 4.79 Å². The Kier molecular flexibility index (Phi) is 4.57. The fourth-order valence-corrected chi connectivity index (χ4v) is 2.65. The lowest BCUT2D eigenvalue weighted by Gasteiger charge is -2.16. The van der Waals surface area contributed by atoms with E-state index in [-0.39, 0.29) is 11.9 Å². The van der Waals surface area contributed by atoms with Gasteiger partial charge in [-0.25, -0.2) is 4.79 Å². The van der Waals surface area contributed by atoms with Gasteiger partial charge in [0.25, 0.3) is 5.91 Å². The molecule has 5 nitrogen and oxygen atoms in total. The zero-order chi connectivity index (χ0) is 16.1. The minimum atomic E-state index is -0.332. The van der Waals surface area contributed by atoms with Gasteiger partial charge >= 0.3 is 6.03 Å². The minimum Gasteiger partial charge on any atom is -0.339 e. The lowest BCUT2D eigenvalue weighted by Crippen LogP contribution is -2.27. The molecule has 3 rings (SSSR count). The molecule has 118 valence electrons. The van der Waals surface area contributed by atoms with Crippen LogP contribution in [-0.2, 0) is 0 Å². The lowest BCUT2D eigenvalue weighted by atomic mass is 10.2. The molecule has 1 aliphatic rings. The molecule has 1 fully saturated rings. The zero-order valence-corrected chi connectivity index (χ0v) is 12.8. The molecule has 0 radical (unpaired) electrons. The molecule has 2 N–H and O–H groups in total. The minimum absolute atomic E-state index is 0.0228. The number of nitrogens with one attached hydrogen (secondary N) is 2. The van der Waals surface area contributed by atoms with Crippen LogP contribution in [0.4, 0.5) is 16.2 Å². The van der Waals surface area contributed by atoms with Crippen molar-refractivity contribution in [3.8, 4) is 0 Å². The highest BCUT2D eigenvalue weighted by Crippen LogP contribution is 2.16. The second-order valence-electron chi connectivity index (χ2n) is 5.53. The van der Waals surface area contributed by atoms with Crippen molar-refractivity contribution in [1.82, 2.24) is 4.90 Å². The Balaban J connectivity index is 1.65. The van der Waals surface area contributed by atoms with Gasteiger partial charge in [0.05, 0.1) is 0 Å². The number of rotatable bonds is 3. The molecule has 0 bridgehead atoms. The van der Waals surface area contributed by atoms with Gasteiger partial charge in [0.1, 0.15) is 0 Å². The number of nitrogens with zero attached hydrogens (tertiary/aromatic N) is 1. The van der Waals surface area contributed by atoms with Crippen LogP contribution in [-0.4, -0.2) is 29.9 Å². The predicted octanol–water partition coefficient (Wildman–Crippen LogP) is 3.57. The van der Waals surface area contributed by atoms with E-state index < -0.39 is 0 Å². The van der Waals surface area contributed by atoms with Crippen molar-refractivity contribution < 1.29 is 9.59 Å². The van der Waals surface area contributed by atoms with Crippen molar-refractivity contribution in [3.05, 3.63) is 60.2 Å². The number of carbonyl (C=O) groups is 2. The molecule has 2 aromatic carbocycles. The van der Waals surface area contributed by atoms with E-state index >= 15 is 0 Å². The monoisotopic (exact) mass is 309 g/mol. The van der Waals surface area contributed by atoms with E-state index in [9.17, 15) is 9.59 Å². The Morgan fingerprint density at radius 3 is 2.22 bits per heavy atom. The molecule has 1 aliphatic heterocycles. The normalized spacial score (nSPS) is 13.7. The van der Waals surface area contributed by atoms with Crippen LogP contribution in [0.2, 0.25) is 0 Å². The number of para-hydroxylation sites is 1. The maximum Gasteiger partial charge on any atom is 0.323 e. The topological polar surface area (TPSA) is 61.4 Å². The number of benzene rings is 2. The average molecular weight is 309 g/mol. The van der Waals surface area contributed by atoms with E-state index in [2.05, 4.69) is 10.6 Å². The molecule has 5 heteroatoms. The summed E-state index contributed by atoms with van der Waals surface area (Å²) in [7, 11) is 0. The summed E-state index contributed by atoms with van der Waals surface area (Å²) in [6.07, 6.45) is 2.12. The third-order valence-corrected chi connectivity index (χ3v) is 3.79. The molecular weight excluding hydrogens is 290 g/mol. The maximum atomic E-state index is 12.4. The van der Waals surface area contributed by atoms with E-state index in [1.54, 1.807) is 24.3 Å². The van der Waals surface area contributed by atoms with Gasteiger partial charge in [-0.05, 0) is 43.2 Å². The number of urea groups is 1. The van der Waals surface area contributed by atoms with Crippen molar-refractivity contribution >= 4 is 23.3 Å². The number of likely N-dealkylation sites (tertiary alicyclic amines) is 1. The lowest BCUT2D eigenvalue weighted by molar-refractivity contribution is 0.0793. The SMILES string of the molecule is O=C(Nc1ccccc1)Nc1cccc(C(=O)N2CCCC2)c1. The number of hydrogen-bond acceptors (Lipinski definition) is 2. The van der Waals surface area contributed by atoms with E-state index in [0.717, 1.165) is 25.9 Å². The Morgan fingerprint density at radius 1 is 0.826 bits per heavy atom. The van der Waals surface area contributed by atoms with E-state index in [1.807, 2.05) is 35.2 Å². The van der Waals surface area contributed by atoms with Gasteiger partial charge in [0.15, 0.2) is 0 Å². The van der Waals surface area contributed by atoms with Crippen molar-refractivity contribution in [2.45, 2.75) is 12.8 Å². The maximum absolute atomic E-state index is 12.4. The zero-order valence-electron chi connectivity index (χ0n) is 12.8. The van der Waals surface area contributed by atoms with E-state index in [0.29, 0.717) is 16.9 Å². The summed E-state index contributed by atoms with van der Waals surface area (Å²) in [5, 5.41) is 5.50. The summed E-state index contributed by atoms with van der Waals surface area (Å²) in [6, 6.07) is 15.9. The summed E-state index contributed by atoms with van der Waals surface area (Å²) >= 11 is 0. The average Bonchev–Trinajstić information content (AvgIpc) is 3.09. The van der Waals surface area contributed by atoms with Crippen LogP contribution in [0.1, 0.15) is 23.2 Å². The largest absolute Gasteiger partial charge is 0.339 e. The summed E-state index contributed by atoms with van der Waals surface area (Å²) < 4.78 is 0. The molecule has 0 unspecified atom stereocenters. The fourth-order valence-electron chi connectivity index (χ4n) is 2.65. The van der Waals surface area contributed by atoms with Gasteiger partial charge in [-0.15, -0.1) is 0 Å². The Hall–Kier alpha value is -2.82. The highest BCUT2D eigenvalue weighted by atomic mass is 16.2. The van der Waals surface area contributed by atoms with Gasteiger partial charge < -0.3 is 15.5 Å². The number of amides is 3. The molecule has 1 heterocycles. The predicted molar refractivity (Wildman–Crippen MR) is 90.7 cm³/mol. The molecule has 0 saturated carbocycles. The molecule has 23 heavy (non-hydrogen) atoms. The first-order valence-electron chi connectivity index (χ1n) is 7.75. The number of hydrogen-bond donors (Lipinski definition) is 2. The van der Waals surface area contributed by atoms with Crippen LogP contribution >= 0.6 is 0 Å². The van der Waals surface area contributed by atoms with Crippen molar-refractivity contribution in [2.24, 2.45) is 0 Å². The van der Waals surface area contributed by atoms with E-state index in [1.165, 1.54) is 0 Å². The summed E-state index contributed by atoms with van der Waals surface area (Å²) in [5.41, 5.74) is 1.92. The third kappa shape index (κ3) is 3.88. The van der Waals surface area contributed by atoms with Gasteiger partial charge in [-0.1, -0.05) is 24.3 Å². The first-order chi connectivity index (χ1) is 11.2. The molecule has 0 aliphatic carbocycles. The highest BCUT2D eigenvalue weighted by Gasteiger charge is 2.19. The summed E-state index contributed by atoms with van der Waals surface area (Å²) in [5.74, 6) is 0.0228. The molecule has 0 spiro atoms. The molecule has 0 aromatic heterocycles. The second-order valence-corrected chi connectivity index (χ2v) is 5.53. The van der Waals surface area contributed by atoms with Crippen molar-refractivity contribution in [3.63, 3.8) is 0 Å². The van der Waals surface area contributed by atoms with Gasteiger partial charge in [0, 0.05) is 30.0 Å². The highest BCUT2D eigenvalue weighted by molar-refractivity contribution is 6.01. The summed E-state index contributed by atoms with van der Waals surface area (Å²) in [4.78, 5) is 26.2. The number of anilines is 2. The van der Waals surface area contributed by atoms with E-state index in [4.69, 9.17) is 0 Å². The third-order valence-electron chi connectivity index (χ3n) is 3.79. The molecule has 0 atom stereocenters. The molecule has 2 aromatic rings. The Labute approximate surface area is 135 Å². The summed E-state index contributed by atoms with van der Waals surface area (Å²) in [6.45, 7) is 1.62. The van der Waals surface area contributed by atoms with Crippen LogP contribution < -0.4 is 10.6 Å². The molecular formula is C18H19N3O2. The number of carbonyl (C=O) groups excluding carboxylic acids is 2. The first-order valence-corrected chi connectivity index (χ1v) is 7.75. The molecule has 3 amide bonds.